The molecule has 0 radical (unpaired) electrons. The summed E-state index contributed by atoms with van der Waals surface area (Å²) in [4.78, 5) is 17.9. The van der Waals surface area contributed by atoms with Crippen molar-refractivity contribution in [3.63, 3.8) is 0 Å². The van der Waals surface area contributed by atoms with Gasteiger partial charge in [-0.05, 0) is 30.2 Å². The summed E-state index contributed by atoms with van der Waals surface area (Å²) in [6.45, 7) is 2.26. The van der Waals surface area contributed by atoms with Gasteiger partial charge in [0.05, 0.1) is 6.61 Å². The first-order chi connectivity index (χ1) is 11.8. The number of ether oxygens (including phenoxy) is 1. The van der Waals surface area contributed by atoms with Crippen molar-refractivity contribution in [2.75, 3.05) is 19.8 Å². The number of hydrogen-bond acceptors (Lipinski definition) is 2. The van der Waals surface area contributed by atoms with Crippen LogP contribution in [0.25, 0.3) is 6.08 Å². The third kappa shape index (κ3) is 2.89. The summed E-state index contributed by atoms with van der Waals surface area (Å²) in [6, 6.07) is 14.7. The highest BCUT2D eigenvalue weighted by molar-refractivity contribution is 5.92. The number of H-pyrrole nitrogens is 1. The monoisotopic (exact) mass is 322 g/mol. The van der Waals surface area contributed by atoms with Crippen LogP contribution in [0.3, 0.4) is 0 Å². The highest BCUT2D eigenvalue weighted by Crippen LogP contribution is 2.40. The fraction of sp³-hybridized carbons (Fsp3) is 0.350. The zero-order chi connectivity index (χ0) is 16.4. The Morgan fingerprint density at radius 1 is 1.21 bits per heavy atom. The van der Waals surface area contributed by atoms with Crippen LogP contribution in [0.4, 0.5) is 0 Å². The number of carbonyl (C=O) groups excluding carboxylic acids is 1. The number of hydrogen-bond donors (Lipinski definition) is 1. The average molecular weight is 322 g/mol. The van der Waals surface area contributed by atoms with E-state index in [4.69, 9.17) is 4.74 Å². The summed E-state index contributed by atoms with van der Waals surface area (Å²) in [5, 5.41) is 0. The molecular weight excluding hydrogens is 300 g/mol. The van der Waals surface area contributed by atoms with Gasteiger partial charge in [0.15, 0.2) is 0 Å². The smallest absolute Gasteiger partial charge is 0.246 e. The highest BCUT2D eigenvalue weighted by atomic mass is 16.5. The molecule has 124 valence electrons. The standard InChI is InChI=1S/C20H22N2O2/c23-20(9-8-16-7-4-11-21-16)22-13-17(15-5-2-1-3-6-15)18-14-24-12-10-19(18)22/h1-9,11,17-19,21H,10,12-14H2/b9-8+. The van der Waals surface area contributed by atoms with E-state index in [1.165, 1.54) is 5.56 Å². The molecule has 2 saturated heterocycles. The Balaban J connectivity index is 1.55. The fourth-order valence-electron chi connectivity index (χ4n) is 4.01. The van der Waals surface area contributed by atoms with Crippen molar-refractivity contribution in [3.8, 4) is 0 Å². The Bertz CT molecular complexity index is 709. The zero-order valence-corrected chi connectivity index (χ0v) is 13.6. The van der Waals surface area contributed by atoms with Gasteiger partial charge >= 0.3 is 0 Å². The number of likely N-dealkylation sites (tertiary alicyclic amines) is 1. The maximum absolute atomic E-state index is 12.8. The van der Waals surface area contributed by atoms with E-state index in [-0.39, 0.29) is 11.9 Å². The molecule has 0 saturated carbocycles. The van der Waals surface area contributed by atoms with E-state index in [0.717, 1.165) is 31.9 Å². The Hall–Kier alpha value is -2.33. The maximum atomic E-state index is 12.8. The van der Waals surface area contributed by atoms with Gasteiger partial charge in [0.2, 0.25) is 5.91 Å². The molecule has 3 heterocycles. The second-order valence-corrected chi connectivity index (χ2v) is 6.56. The second kappa shape index (κ2) is 6.65. The van der Waals surface area contributed by atoms with Crippen LogP contribution >= 0.6 is 0 Å². The number of nitrogens with one attached hydrogen (secondary N) is 1. The number of aromatic amines is 1. The predicted octanol–water partition coefficient (Wildman–Crippen LogP) is 3.06. The van der Waals surface area contributed by atoms with Crippen LogP contribution in [0.15, 0.2) is 54.7 Å². The molecule has 1 N–H and O–H groups in total. The summed E-state index contributed by atoms with van der Waals surface area (Å²) in [6.07, 6.45) is 6.33. The normalized spacial score (nSPS) is 26.7. The van der Waals surface area contributed by atoms with Crippen LogP contribution in [0, 0.1) is 5.92 Å². The van der Waals surface area contributed by atoms with E-state index in [1.807, 2.05) is 35.4 Å². The summed E-state index contributed by atoms with van der Waals surface area (Å²) in [7, 11) is 0. The molecule has 2 aliphatic heterocycles. The summed E-state index contributed by atoms with van der Waals surface area (Å²) in [5.74, 6) is 0.850. The number of nitrogens with zero attached hydrogens (tertiary/aromatic N) is 1. The molecule has 3 atom stereocenters. The summed E-state index contributed by atoms with van der Waals surface area (Å²) >= 11 is 0. The van der Waals surface area contributed by atoms with Crippen molar-refractivity contribution >= 4 is 12.0 Å². The molecule has 0 aliphatic carbocycles. The molecule has 2 aromatic rings. The number of rotatable bonds is 3. The van der Waals surface area contributed by atoms with Gasteiger partial charge in [-0.15, -0.1) is 0 Å². The number of amides is 1. The van der Waals surface area contributed by atoms with E-state index in [0.29, 0.717) is 11.8 Å². The maximum Gasteiger partial charge on any atom is 0.246 e. The number of fused-ring (bicyclic) bond motifs is 1. The quantitative estimate of drug-likeness (QED) is 0.883. The largest absolute Gasteiger partial charge is 0.381 e. The molecule has 1 aromatic heterocycles. The minimum atomic E-state index is 0.0972. The Morgan fingerprint density at radius 2 is 2.08 bits per heavy atom. The minimum absolute atomic E-state index is 0.0972. The first-order valence-electron chi connectivity index (χ1n) is 8.57. The first-order valence-corrected chi connectivity index (χ1v) is 8.57. The lowest BCUT2D eigenvalue weighted by atomic mass is 9.84. The Labute approximate surface area is 142 Å². The van der Waals surface area contributed by atoms with E-state index in [1.54, 1.807) is 6.08 Å². The summed E-state index contributed by atoms with van der Waals surface area (Å²) < 4.78 is 5.72. The van der Waals surface area contributed by atoms with E-state index in [2.05, 4.69) is 29.2 Å². The van der Waals surface area contributed by atoms with Gasteiger partial charge in [-0.1, -0.05) is 30.3 Å². The first kappa shape index (κ1) is 15.2. The van der Waals surface area contributed by atoms with Crippen molar-refractivity contribution in [3.05, 3.63) is 66.0 Å². The third-order valence-electron chi connectivity index (χ3n) is 5.21. The molecule has 4 rings (SSSR count). The van der Waals surface area contributed by atoms with E-state index in [9.17, 15) is 4.79 Å². The molecule has 1 amide bonds. The molecule has 2 aliphatic rings. The molecule has 24 heavy (non-hydrogen) atoms. The van der Waals surface area contributed by atoms with Crippen molar-refractivity contribution in [2.45, 2.75) is 18.4 Å². The lowest BCUT2D eigenvalue weighted by Gasteiger charge is -2.32. The van der Waals surface area contributed by atoms with Gasteiger partial charge in [0.25, 0.3) is 0 Å². The van der Waals surface area contributed by atoms with Gasteiger partial charge in [0, 0.05) is 49.0 Å². The highest BCUT2D eigenvalue weighted by Gasteiger charge is 2.45. The zero-order valence-electron chi connectivity index (χ0n) is 13.6. The van der Waals surface area contributed by atoms with Crippen LogP contribution in [-0.4, -0.2) is 41.6 Å². The molecule has 3 unspecified atom stereocenters. The van der Waals surface area contributed by atoms with Crippen LogP contribution in [0.5, 0.6) is 0 Å². The Kier molecular flexibility index (Phi) is 4.22. The lowest BCUT2D eigenvalue weighted by molar-refractivity contribution is -0.128. The van der Waals surface area contributed by atoms with Gasteiger partial charge in [-0.2, -0.15) is 0 Å². The SMILES string of the molecule is O=C(/C=C/c1ccc[nH]1)N1CC(c2ccccc2)C2COCCC21. The number of aromatic nitrogens is 1. The van der Waals surface area contributed by atoms with Gasteiger partial charge in [-0.3, -0.25) is 4.79 Å². The van der Waals surface area contributed by atoms with Gasteiger partial charge < -0.3 is 14.6 Å². The minimum Gasteiger partial charge on any atom is -0.381 e. The third-order valence-corrected chi connectivity index (χ3v) is 5.21. The van der Waals surface area contributed by atoms with Crippen molar-refractivity contribution in [1.29, 1.82) is 0 Å². The van der Waals surface area contributed by atoms with Crippen LogP contribution in [0.1, 0.15) is 23.6 Å². The molecule has 4 nitrogen and oxygen atoms in total. The predicted molar refractivity (Wildman–Crippen MR) is 93.4 cm³/mol. The topological polar surface area (TPSA) is 45.3 Å². The second-order valence-electron chi connectivity index (χ2n) is 6.56. The molecular formula is C20H22N2O2. The Morgan fingerprint density at radius 3 is 2.88 bits per heavy atom. The number of benzene rings is 1. The van der Waals surface area contributed by atoms with Gasteiger partial charge in [-0.25, -0.2) is 0 Å². The van der Waals surface area contributed by atoms with Crippen LogP contribution < -0.4 is 0 Å². The molecule has 0 spiro atoms. The van der Waals surface area contributed by atoms with Gasteiger partial charge in [0.1, 0.15) is 0 Å². The summed E-state index contributed by atoms with van der Waals surface area (Å²) in [5.41, 5.74) is 2.26. The van der Waals surface area contributed by atoms with Crippen LogP contribution in [-0.2, 0) is 9.53 Å². The number of carbonyl (C=O) groups is 1. The molecule has 1 aromatic carbocycles. The lowest BCUT2D eigenvalue weighted by Crippen LogP contribution is -2.41. The van der Waals surface area contributed by atoms with Crippen molar-refractivity contribution in [1.82, 2.24) is 9.88 Å². The fourth-order valence-corrected chi connectivity index (χ4v) is 4.01. The van der Waals surface area contributed by atoms with Crippen LogP contribution in [0.2, 0.25) is 0 Å². The molecule has 4 heteroatoms. The van der Waals surface area contributed by atoms with E-state index >= 15 is 0 Å². The molecule has 0 bridgehead atoms. The van der Waals surface area contributed by atoms with E-state index < -0.39 is 0 Å². The molecule has 2 fully saturated rings. The average Bonchev–Trinajstić information content (AvgIpc) is 3.28. The van der Waals surface area contributed by atoms with Crippen molar-refractivity contribution in [2.24, 2.45) is 5.92 Å². The van der Waals surface area contributed by atoms with Crippen molar-refractivity contribution < 1.29 is 9.53 Å².